The van der Waals surface area contributed by atoms with Gasteiger partial charge in [0.2, 0.25) is 0 Å². The van der Waals surface area contributed by atoms with Gasteiger partial charge < -0.3 is 20.9 Å². The van der Waals surface area contributed by atoms with Gasteiger partial charge in [-0.25, -0.2) is 9.97 Å². The molecule has 0 aliphatic carbocycles. The molecule has 0 saturated heterocycles. The number of nitrogens with zero attached hydrogens (tertiary/aromatic N) is 4. The van der Waals surface area contributed by atoms with Gasteiger partial charge in [-0.15, -0.1) is 0 Å². The van der Waals surface area contributed by atoms with Gasteiger partial charge in [-0.1, -0.05) is 29.8 Å². The monoisotopic (exact) mass is 480 g/mol. The molecule has 9 heteroatoms. The average Bonchev–Trinajstić information content (AvgIpc) is 3.14. The van der Waals surface area contributed by atoms with Crippen LogP contribution in [-0.4, -0.2) is 38.5 Å². The van der Waals surface area contributed by atoms with Gasteiger partial charge in [0.25, 0.3) is 5.91 Å². The van der Waals surface area contributed by atoms with Crippen LogP contribution >= 0.6 is 0 Å². The first-order chi connectivity index (χ1) is 17.4. The van der Waals surface area contributed by atoms with Crippen LogP contribution in [-0.2, 0) is 0 Å². The Hall–Kier alpha value is -4.92. The van der Waals surface area contributed by atoms with Gasteiger partial charge in [0, 0.05) is 5.69 Å². The minimum atomic E-state index is -0.414. The molecule has 5 rings (SSSR count). The lowest BCUT2D eigenvalue weighted by atomic mass is 10.2. The number of rotatable bonds is 6. The SMILES string of the molecule is CCOc1cc(/C=N/n2c(N)c(C(=O)Nc3ccc(C)cc3)c3nc4ccccc4nc32)ccc1O. The van der Waals surface area contributed by atoms with E-state index in [4.69, 9.17) is 15.5 Å². The molecule has 2 heterocycles. The lowest BCUT2D eigenvalue weighted by Crippen LogP contribution is -2.14. The average molecular weight is 481 g/mol. The molecule has 9 nitrogen and oxygen atoms in total. The van der Waals surface area contributed by atoms with Crippen LogP contribution in [0.15, 0.2) is 71.8 Å². The van der Waals surface area contributed by atoms with Crippen molar-refractivity contribution in [2.24, 2.45) is 5.10 Å². The number of hydrogen-bond donors (Lipinski definition) is 3. The van der Waals surface area contributed by atoms with E-state index >= 15 is 0 Å². The first kappa shape index (κ1) is 22.9. The van der Waals surface area contributed by atoms with Gasteiger partial charge in [0.05, 0.1) is 23.9 Å². The number of aromatic hydroxyl groups is 1. The molecule has 36 heavy (non-hydrogen) atoms. The zero-order valence-electron chi connectivity index (χ0n) is 19.8. The van der Waals surface area contributed by atoms with E-state index < -0.39 is 5.91 Å². The summed E-state index contributed by atoms with van der Waals surface area (Å²) in [5.41, 5.74) is 11.0. The van der Waals surface area contributed by atoms with Crippen LogP contribution in [0.1, 0.15) is 28.4 Å². The number of nitrogens with one attached hydrogen (secondary N) is 1. The zero-order chi connectivity index (χ0) is 25.2. The Kier molecular flexibility index (Phi) is 5.95. The quantitative estimate of drug-likeness (QED) is 0.302. The number of amides is 1. The van der Waals surface area contributed by atoms with E-state index in [1.165, 1.54) is 10.7 Å². The number of aromatic nitrogens is 3. The van der Waals surface area contributed by atoms with Gasteiger partial charge in [-0.3, -0.25) is 4.79 Å². The molecule has 0 aliphatic heterocycles. The molecule has 0 atom stereocenters. The number of nitrogens with two attached hydrogens (primary N) is 1. The smallest absolute Gasteiger partial charge is 0.261 e. The minimum absolute atomic E-state index is 0.0346. The normalized spacial score (nSPS) is 11.4. The molecule has 2 aromatic heterocycles. The third-order valence-electron chi connectivity index (χ3n) is 5.62. The molecule has 0 fully saturated rings. The molecule has 0 aliphatic rings. The highest BCUT2D eigenvalue weighted by atomic mass is 16.5. The summed E-state index contributed by atoms with van der Waals surface area (Å²) in [4.78, 5) is 22.7. The Morgan fingerprint density at radius 2 is 1.83 bits per heavy atom. The van der Waals surface area contributed by atoms with Crippen LogP contribution in [0.2, 0.25) is 0 Å². The maximum absolute atomic E-state index is 13.3. The summed E-state index contributed by atoms with van der Waals surface area (Å²) in [5, 5.41) is 17.4. The summed E-state index contributed by atoms with van der Waals surface area (Å²) in [5.74, 6) is 0.0659. The summed E-state index contributed by atoms with van der Waals surface area (Å²) >= 11 is 0. The lowest BCUT2D eigenvalue weighted by molar-refractivity contribution is 0.102. The number of hydrogen-bond acceptors (Lipinski definition) is 7. The van der Waals surface area contributed by atoms with Gasteiger partial charge in [-0.2, -0.15) is 9.78 Å². The summed E-state index contributed by atoms with van der Waals surface area (Å²) in [6.45, 7) is 4.21. The Labute approximate surface area is 206 Å². The molecule has 0 saturated carbocycles. The van der Waals surface area contributed by atoms with E-state index in [0.29, 0.717) is 45.8 Å². The van der Waals surface area contributed by atoms with E-state index in [-0.39, 0.29) is 17.1 Å². The number of benzene rings is 3. The summed E-state index contributed by atoms with van der Waals surface area (Å²) in [6, 6.07) is 19.7. The second-order valence-corrected chi connectivity index (χ2v) is 8.18. The van der Waals surface area contributed by atoms with E-state index in [9.17, 15) is 9.90 Å². The largest absolute Gasteiger partial charge is 0.504 e. The first-order valence-electron chi connectivity index (χ1n) is 11.4. The summed E-state index contributed by atoms with van der Waals surface area (Å²) in [7, 11) is 0. The predicted octanol–water partition coefficient (Wildman–Crippen LogP) is 4.71. The van der Waals surface area contributed by atoms with E-state index in [1.807, 2.05) is 62.4 Å². The van der Waals surface area contributed by atoms with Gasteiger partial charge in [0.15, 0.2) is 17.1 Å². The molecule has 4 N–H and O–H groups in total. The standard InChI is InChI=1S/C27H24N6O3/c1-3-36-22-14-17(10-13-21(22)34)15-29-33-25(28)23(27(35)30-18-11-8-16(2)9-12-18)24-26(33)32-20-7-5-4-6-19(20)31-24/h4-15,34H,3,28H2,1-2H3,(H,30,35)/b29-15+. The van der Waals surface area contributed by atoms with Crippen molar-refractivity contribution in [3.63, 3.8) is 0 Å². The van der Waals surface area contributed by atoms with Crippen molar-refractivity contribution >= 4 is 45.8 Å². The van der Waals surface area contributed by atoms with Crippen molar-refractivity contribution in [1.82, 2.24) is 14.6 Å². The van der Waals surface area contributed by atoms with E-state index in [1.54, 1.807) is 18.3 Å². The second-order valence-electron chi connectivity index (χ2n) is 8.18. The van der Waals surface area contributed by atoms with Crippen molar-refractivity contribution in [2.75, 3.05) is 17.7 Å². The van der Waals surface area contributed by atoms with Crippen LogP contribution in [0.25, 0.3) is 22.2 Å². The van der Waals surface area contributed by atoms with Crippen LogP contribution in [0.4, 0.5) is 11.5 Å². The highest BCUT2D eigenvalue weighted by Crippen LogP contribution is 2.29. The molecular weight excluding hydrogens is 456 g/mol. The third kappa shape index (κ3) is 4.29. The number of carbonyl (C=O) groups excluding carboxylic acids is 1. The van der Waals surface area contributed by atoms with Crippen LogP contribution < -0.4 is 15.8 Å². The first-order valence-corrected chi connectivity index (χ1v) is 11.4. The number of anilines is 2. The number of fused-ring (bicyclic) bond motifs is 2. The number of phenols is 1. The molecule has 0 unspecified atom stereocenters. The van der Waals surface area contributed by atoms with Crippen molar-refractivity contribution in [1.29, 1.82) is 0 Å². The fraction of sp³-hybridized carbons (Fsp3) is 0.111. The molecular formula is C27H24N6O3. The third-order valence-corrected chi connectivity index (χ3v) is 5.62. The van der Waals surface area contributed by atoms with Crippen LogP contribution in [0.5, 0.6) is 11.5 Å². The fourth-order valence-electron chi connectivity index (χ4n) is 3.83. The number of carbonyl (C=O) groups is 1. The Bertz CT molecular complexity index is 1620. The maximum atomic E-state index is 13.3. The highest BCUT2D eigenvalue weighted by molar-refractivity contribution is 6.16. The lowest BCUT2D eigenvalue weighted by Gasteiger charge is -2.06. The summed E-state index contributed by atoms with van der Waals surface area (Å²) < 4.78 is 6.85. The zero-order valence-corrected chi connectivity index (χ0v) is 19.8. The molecule has 0 spiro atoms. The molecule has 3 aromatic carbocycles. The Balaban J connectivity index is 1.62. The minimum Gasteiger partial charge on any atom is -0.504 e. The van der Waals surface area contributed by atoms with Crippen LogP contribution in [0.3, 0.4) is 0 Å². The van der Waals surface area contributed by atoms with Crippen molar-refractivity contribution < 1.29 is 14.6 Å². The Morgan fingerprint density at radius 1 is 1.11 bits per heavy atom. The maximum Gasteiger partial charge on any atom is 0.261 e. The number of aryl methyl sites for hydroxylation is 1. The highest BCUT2D eigenvalue weighted by Gasteiger charge is 2.24. The fourth-order valence-corrected chi connectivity index (χ4v) is 3.83. The molecule has 180 valence electrons. The second kappa shape index (κ2) is 9.38. The van der Waals surface area contributed by atoms with E-state index in [2.05, 4.69) is 15.4 Å². The van der Waals surface area contributed by atoms with Gasteiger partial charge in [-0.05, 0) is 61.9 Å². The van der Waals surface area contributed by atoms with Gasteiger partial charge in [0.1, 0.15) is 16.9 Å². The Morgan fingerprint density at radius 3 is 2.56 bits per heavy atom. The number of nitrogen functional groups attached to an aromatic ring is 1. The van der Waals surface area contributed by atoms with E-state index in [0.717, 1.165) is 5.56 Å². The summed E-state index contributed by atoms with van der Waals surface area (Å²) in [6.07, 6.45) is 1.55. The molecule has 5 aromatic rings. The van der Waals surface area contributed by atoms with Crippen LogP contribution in [0, 0.1) is 6.92 Å². The molecule has 1 amide bonds. The number of para-hydroxylation sites is 2. The number of phenolic OH excluding ortho intramolecular Hbond substituents is 1. The molecule has 0 bridgehead atoms. The molecule has 0 radical (unpaired) electrons. The van der Waals surface area contributed by atoms with Crippen molar-refractivity contribution in [3.05, 3.63) is 83.4 Å². The predicted molar refractivity (Wildman–Crippen MR) is 141 cm³/mol. The number of ether oxygens (including phenoxy) is 1. The van der Waals surface area contributed by atoms with Crippen molar-refractivity contribution in [3.8, 4) is 11.5 Å². The van der Waals surface area contributed by atoms with Gasteiger partial charge >= 0.3 is 0 Å². The van der Waals surface area contributed by atoms with Crippen molar-refractivity contribution in [2.45, 2.75) is 13.8 Å². The topological polar surface area (TPSA) is 128 Å².